The molecular formula is C19H32IN3O3. The van der Waals surface area contributed by atoms with Crippen LogP contribution in [0.3, 0.4) is 0 Å². The number of hydrogen-bond acceptors (Lipinski definition) is 4. The zero-order valence-corrected chi connectivity index (χ0v) is 18.3. The summed E-state index contributed by atoms with van der Waals surface area (Å²) in [6, 6.07) is 6.12. The van der Waals surface area contributed by atoms with Crippen molar-refractivity contribution in [2.24, 2.45) is 10.4 Å². The summed E-state index contributed by atoms with van der Waals surface area (Å²) in [5, 5.41) is 16.0. The Balaban J connectivity index is 0.00000338. The van der Waals surface area contributed by atoms with Crippen LogP contribution < -0.4 is 15.4 Å². The van der Waals surface area contributed by atoms with Gasteiger partial charge in [0.2, 0.25) is 0 Å². The van der Waals surface area contributed by atoms with Crippen molar-refractivity contribution in [2.75, 3.05) is 40.0 Å². The van der Waals surface area contributed by atoms with Crippen molar-refractivity contribution in [3.05, 3.63) is 29.3 Å². The molecule has 1 aromatic carbocycles. The lowest BCUT2D eigenvalue weighted by Crippen LogP contribution is -2.44. The van der Waals surface area contributed by atoms with E-state index in [9.17, 15) is 5.11 Å². The van der Waals surface area contributed by atoms with Crippen LogP contribution in [0, 0.1) is 12.3 Å². The Morgan fingerprint density at radius 3 is 2.77 bits per heavy atom. The Hall–Kier alpha value is -1.06. The Bertz CT molecular complexity index is 575. The van der Waals surface area contributed by atoms with Gasteiger partial charge in [0, 0.05) is 31.7 Å². The van der Waals surface area contributed by atoms with Crippen LogP contribution in [0.25, 0.3) is 0 Å². The van der Waals surface area contributed by atoms with Crippen molar-refractivity contribution in [3.63, 3.8) is 0 Å². The van der Waals surface area contributed by atoms with E-state index in [0.29, 0.717) is 13.2 Å². The number of hydrogen-bond donors (Lipinski definition) is 3. The van der Waals surface area contributed by atoms with Crippen LogP contribution >= 0.6 is 24.0 Å². The minimum atomic E-state index is 0. The number of rotatable bonds is 8. The van der Waals surface area contributed by atoms with Gasteiger partial charge in [-0.3, -0.25) is 0 Å². The third kappa shape index (κ3) is 6.59. The molecule has 1 unspecified atom stereocenters. The maximum atomic E-state index is 9.34. The first-order valence-corrected chi connectivity index (χ1v) is 8.97. The average Bonchev–Trinajstić information content (AvgIpc) is 3.07. The molecule has 0 spiro atoms. The predicted octanol–water partition coefficient (Wildman–Crippen LogP) is 2.47. The second kappa shape index (κ2) is 11.6. The van der Waals surface area contributed by atoms with Crippen molar-refractivity contribution in [2.45, 2.75) is 33.2 Å². The first-order chi connectivity index (χ1) is 12.1. The van der Waals surface area contributed by atoms with Gasteiger partial charge >= 0.3 is 0 Å². The number of guanidine groups is 1. The number of aliphatic hydroxyl groups is 1. The van der Waals surface area contributed by atoms with E-state index in [1.165, 1.54) is 0 Å². The SMILES string of the molecule is CCNC(=NCc1ccc(OC)c(C)c1)NCC1(CCO)CCOC1.I. The van der Waals surface area contributed by atoms with E-state index < -0.39 is 0 Å². The standard InChI is InChI=1S/C19H31N3O3.HI/c1-4-20-18(22-13-19(7-9-23)8-10-25-14-19)21-12-16-5-6-17(24-3)15(2)11-16;/h5-6,11,23H,4,7-10,12-14H2,1-3H3,(H2,20,21,22);1H. The highest BCUT2D eigenvalue weighted by molar-refractivity contribution is 14.0. The van der Waals surface area contributed by atoms with Gasteiger partial charge in [-0.1, -0.05) is 12.1 Å². The quantitative estimate of drug-likeness (QED) is 0.305. The van der Waals surface area contributed by atoms with Crippen LogP contribution in [0.5, 0.6) is 5.75 Å². The minimum Gasteiger partial charge on any atom is -0.496 e. The van der Waals surface area contributed by atoms with Crippen LogP contribution in [0.1, 0.15) is 30.9 Å². The van der Waals surface area contributed by atoms with Gasteiger partial charge < -0.3 is 25.2 Å². The van der Waals surface area contributed by atoms with Gasteiger partial charge in [0.15, 0.2) is 5.96 Å². The first kappa shape index (κ1) is 23.0. The molecule has 0 amide bonds. The summed E-state index contributed by atoms with van der Waals surface area (Å²) in [6.07, 6.45) is 1.72. The van der Waals surface area contributed by atoms with Gasteiger partial charge in [0.05, 0.1) is 20.3 Å². The molecule has 0 aliphatic carbocycles. The number of aliphatic imine (C=N–C) groups is 1. The number of ether oxygens (including phenoxy) is 2. The van der Waals surface area contributed by atoms with Gasteiger partial charge in [-0.15, -0.1) is 24.0 Å². The molecule has 148 valence electrons. The molecule has 0 aromatic heterocycles. The summed E-state index contributed by atoms with van der Waals surface area (Å²) < 4.78 is 10.8. The fraction of sp³-hybridized carbons (Fsp3) is 0.632. The number of aliphatic hydroxyl groups excluding tert-OH is 1. The molecule has 1 aliphatic rings. The molecular weight excluding hydrogens is 445 g/mol. The highest BCUT2D eigenvalue weighted by atomic mass is 127. The fourth-order valence-corrected chi connectivity index (χ4v) is 3.13. The topological polar surface area (TPSA) is 75.1 Å². The summed E-state index contributed by atoms with van der Waals surface area (Å²) in [4.78, 5) is 4.68. The number of halogens is 1. The van der Waals surface area contributed by atoms with E-state index >= 15 is 0 Å². The zero-order valence-electron chi connectivity index (χ0n) is 16.0. The molecule has 1 aromatic rings. The van der Waals surface area contributed by atoms with Crippen LogP contribution in [0.2, 0.25) is 0 Å². The molecule has 0 radical (unpaired) electrons. The maximum absolute atomic E-state index is 9.34. The molecule has 3 N–H and O–H groups in total. The largest absolute Gasteiger partial charge is 0.496 e. The van der Waals surface area contributed by atoms with Crippen molar-refractivity contribution in [1.29, 1.82) is 0 Å². The third-order valence-corrected chi connectivity index (χ3v) is 4.68. The van der Waals surface area contributed by atoms with Gasteiger partial charge in [0.25, 0.3) is 0 Å². The first-order valence-electron chi connectivity index (χ1n) is 8.97. The van der Waals surface area contributed by atoms with Gasteiger partial charge in [-0.2, -0.15) is 0 Å². The van der Waals surface area contributed by atoms with E-state index in [0.717, 1.165) is 55.4 Å². The van der Waals surface area contributed by atoms with Crippen molar-refractivity contribution in [3.8, 4) is 5.75 Å². The molecule has 1 aliphatic heterocycles. The average molecular weight is 477 g/mol. The Morgan fingerprint density at radius 2 is 2.19 bits per heavy atom. The van der Waals surface area contributed by atoms with E-state index in [2.05, 4.69) is 28.6 Å². The third-order valence-electron chi connectivity index (χ3n) is 4.68. The van der Waals surface area contributed by atoms with E-state index in [-0.39, 0.29) is 36.0 Å². The number of benzene rings is 1. The molecule has 0 bridgehead atoms. The zero-order chi connectivity index (χ0) is 18.1. The van der Waals surface area contributed by atoms with Crippen molar-refractivity contribution in [1.82, 2.24) is 10.6 Å². The van der Waals surface area contributed by atoms with Crippen LogP contribution in [-0.2, 0) is 11.3 Å². The second-order valence-corrected chi connectivity index (χ2v) is 6.63. The van der Waals surface area contributed by atoms with Crippen LogP contribution in [0.4, 0.5) is 0 Å². The lowest BCUT2D eigenvalue weighted by molar-refractivity contribution is 0.127. The number of nitrogens with one attached hydrogen (secondary N) is 2. The fourth-order valence-electron chi connectivity index (χ4n) is 3.13. The van der Waals surface area contributed by atoms with Gasteiger partial charge in [0.1, 0.15) is 5.75 Å². The number of aryl methyl sites for hydroxylation is 1. The van der Waals surface area contributed by atoms with Gasteiger partial charge in [-0.05, 0) is 43.9 Å². The van der Waals surface area contributed by atoms with Crippen LogP contribution in [0.15, 0.2) is 23.2 Å². The molecule has 7 heteroatoms. The Labute approximate surface area is 173 Å². The predicted molar refractivity (Wildman–Crippen MR) is 116 cm³/mol. The monoisotopic (exact) mass is 477 g/mol. The molecule has 26 heavy (non-hydrogen) atoms. The van der Waals surface area contributed by atoms with Gasteiger partial charge in [-0.25, -0.2) is 4.99 Å². The lowest BCUT2D eigenvalue weighted by Gasteiger charge is -2.27. The molecule has 1 fully saturated rings. The maximum Gasteiger partial charge on any atom is 0.191 e. The van der Waals surface area contributed by atoms with Crippen molar-refractivity contribution < 1.29 is 14.6 Å². The van der Waals surface area contributed by atoms with E-state index in [4.69, 9.17) is 9.47 Å². The van der Waals surface area contributed by atoms with Crippen molar-refractivity contribution >= 4 is 29.9 Å². The highest BCUT2D eigenvalue weighted by Crippen LogP contribution is 2.31. The molecule has 1 saturated heterocycles. The second-order valence-electron chi connectivity index (χ2n) is 6.63. The minimum absolute atomic E-state index is 0. The molecule has 2 rings (SSSR count). The summed E-state index contributed by atoms with van der Waals surface area (Å²) in [5.41, 5.74) is 2.25. The Morgan fingerprint density at radius 1 is 1.38 bits per heavy atom. The number of nitrogens with zero attached hydrogens (tertiary/aromatic N) is 1. The summed E-state index contributed by atoms with van der Waals surface area (Å²) in [6.45, 7) is 7.88. The normalized spacial score (nSPS) is 19.8. The summed E-state index contributed by atoms with van der Waals surface area (Å²) in [7, 11) is 1.68. The smallest absolute Gasteiger partial charge is 0.191 e. The summed E-state index contributed by atoms with van der Waals surface area (Å²) in [5.74, 6) is 1.69. The molecule has 1 heterocycles. The Kier molecular flexibility index (Phi) is 10.3. The molecule has 1 atom stereocenters. The number of methoxy groups -OCH3 is 1. The highest BCUT2D eigenvalue weighted by Gasteiger charge is 2.34. The van der Waals surface area contributed by atoms with E-state index in [1.807, 2.05) is 19.1 Å². The lowest BCUT2D eigenvalue weighted by atomic mass is 9.84. The van der Waals surface area contributed by atoms with E-state index in [1.54, 1.807) is 7.11 Å². The van der Waals surface area contributed by atoms with Crippen LogP contribution in [-0.4, -0.2) is 51.1 Å². The summed E-state index contributed by atoms with van der Waals surface area (Å²) >= 11 is 0. The molecule has 6 nitrogen and oxygen atoms in total. The molecule has 0 saturated carbocycles.